The Morgan fingerprint density at radius 1 is 1.06 bits per heavy atom. The molecule has 0 unspecified atom stereocenters. The van der Waals surface area contributed by atoms with E-state index >= 15 is 0 Å². The fourth-order valence-electron chi connectivity index (χ4n) is 4.18. The van der Waals surface area contributed by atoms with Gasteiger partial charge in [0.2, 0.25) is 0 Å². The second-order valence-corrected chi connectivity index (χ2v) is 9.27. The average molecular weight is 474 g/mol. The number of thiazole rings is 1. The fraction of sp³-hybridized carbons (Fsp3) is 0.269. The first-order valence-corrected chi connectivity index (χ1v) is 12.3. The van der Waals surface area contributed by atoms with Crippen LogP contribution in [0.1, 0.15) is 35.3 Å². The molecule has 8 heteroatoms. The molecule has 1 amide bonds. The minimum Gasteiger partial charge on any atom is -0.457 e. The maximum atomic E-state index is 11.8. The zero-order valence-electron chi connectivity index (χ0n) is 19.1. The van der Waals surface area contributed by atoms with Crippen LogP contribution in [-0.4, -0.2) is 36.0 Å². The lowest BCUT2D eigenvalue weighted by atomic mass is 10.1. The van der Waals surface area contributed by atoms with Crippen LogP contribution in [0.5, 0.6) is 11.5 Å². The largest absolute Gasteiger partial charge is 0.457 e. The summed E-state index contributed by atoms with van der Waals surface area (Å²) in [5.74, 6) is 0.998. The number of hydrogen-bond acceptors (Lipinski definition) is 7. The highest BCUT2D eigenvalue weighted by Gasteiger charge is 2.14. The van der Waals surface area contributed by atoms with Gasteiger partial charge in [0.05, 0.1) is 10.2 Å². The topological polar surface area (TPSA) is 79.4 Å². The highest BCUT2D eigenvalue weighted by atomic mass is 32.1. The van der Waals surface area contributed by atoms with Crippen LogP contribution in [0, 0.1) is 0 Å². The van der Waals surface area contributed by atoms with E-state index in [9.17, 15) is 4.79 Å². The van der Waals surface area contributed by atoms with E-state index in [1.807, 2.05) is 18.2 Å². The molecule has 1 saturated heterocycles. The second kappa shape index (κ2) is 10.1. The number of pyridine rings is 1. The van der Waals surface area contributed by atoms with E-state index in [0.29, 0.717) is 17.2 Å². The first-order chi connectivity index (χ1) is 16.7. The van der Waals surface area contributed by atoms with Crippen LogP contribution >= 0.6 is 11.3 Å². The Balaban J connectivity index is 1.29. The van der Waals surface area contributed by atoms with Gasteiger partial charge in [-0.15, -0.1) is 0 Å². The molecule has 3 heterocycles. The molecular weight excluding hydrogens is 446 g/mol. The normalized spacial score (nSPS) is 13.6. The number of aromatic nitrogens is 2. The van der Waals surface area contributed by atoms with Gasteiger partial charge in [-0.1, -0.05) is 29.5 Å². The highest BCUT2D eigenvalue weighted by molar-refractivity contribution is 7.22. The highest BCUT2D eigenvalue weighted by Crippen LogP contribution is 2.32. The number of rotatable bonds is 7. The number of hydrogen-bond donors (Lipinski definition) is 2. The maximum absolute atomic E-state index is 11.8. The third kappa shape index (κ3) is 4.97. The number of carbonyl (C=O) groups is 1. The molecule has 0 bridgehead atoms. The predicted molar refractivity (Wildman–Crippen MR) is 137 cm³/mol. The van der Waals surface area contributed by atoms with Crippen molar-refractivity contribution >= 4 is 38.3 Å². The van der Waals surface area contributed by atoms with E-state index in [1.54, 1.807) is 36.7 Å². The van der Waals surface area contributed by atoms with Crippen LogP contribution in [0.2, 0.25) is 0 Å². The van der Waals surface area contributed by atoms with Crippen molar-refractivity contribution in [1.82, 2.24) is 15.3 Å². The van der Waals surface area contributed by atoms with Gasteiger partial charge < -0.3 is 20.3 Å². The number of para-hydroxylation sites is 1. The number of anilines is 2. The summed E-state index contributed by atoms with van der Waals surface area (Å²) in [5.41, 5.74) is 3.84. The Kier molecular flexibility index (Phi) is 6.58. The van der Waals surface area contributed by atoms with Gasteiger partial charge in [0.1, 0.15) is 17.2 Å². The first-order valence-electron chi connectivity index (χ1n) is 11.5. The molecule has 4 aromatic rings. The molecule has 1 aliphatic heterocycles. The van der Waals surface area contributed by atoms with Crippen molar-refractivity contribution < 1.29 is 9.53 Å². The Bertz CT molecular complexity index is 1300. The smallest absolute Gasteiger partial charge is 0.269 e. The van der Waals surface area contributed by atoms with Crippen molar-refractivity contribution in [1.29, 1.82) is 0 Å². The molecule has 2 aromatic carbocycles. The van der Waals surface area contributed by atoms with Gasteiger partial charge in [-0.2, -0.15) is 0 Å². The molecule has 0 atom stereocenters. The Labute approximate surface area is 202 Å². The number of nitrogens with one attached hydrogen (secondary N) is 2. The summed E-state index contributed by atoms with van der Waals surface area (Å²) in [5, 5.41) is 6.97. The molecule has 0 spiro atoms. The monoisotopic (exact) mass is 473 g/mol. The zero-order chi connectivity index (χ0) is 23.3. The second-order valence-electron chi connectivity index (χ2n) is 8.24. The SMILES string of the molecule is CNC(=O)c1cc(Oc2ccc3nc(NCc4ccccc4N4CCCCC4)sc3c2)ccn1. The van der Waals surface area contributed by atoms with Gasteiger partial charge >= 0.3 is 0 Å². The van der Waals surface area contributed by atoms with Crippen molar-refractivity contribution in [2.24, 2.45) is 0 Å². The van der Waals surface area contributed by atoms with E-state index in [1.165, 1.54) is 30.5 Å². The first kappa shape index (κ1) is 22.2. The molecule has 0 aliphatic carbocycles. The number of amides is 1. The molecule has 34 heavy (non-hydrogen) atoms. The molecule has 174 valence electrons. The molecule has 0 saturated carbocycles. The van der Waals surface area contributed by atoms with E-state index < -0.39 is 0 Å². The van der Waals surface area contributed by atoms with E-state index in [-0.39, 0.29) is 5.91 Å². The van der Waals surface area contributed by atoms with Crippen LogP contribution in [0.25, 0.3) is 10.2 Å². The number of nitrogens with zero attached hydrogens (tertiary/aromatic N) is 3. The number of carbonyl (C=O) groups excluding carboxylic acids is 1. The Morgan fingerprint density at radius 3 is 2.74 bits per heavy atom. The van der Waals surface area contributed by atoms with Crippen molar-refractivity contribution in [3.63, 3.8) is 0 Å². The summed E-state index contributed by atoms with van der Waals surface area (Å²) in [4.78, 5) is 23.1. The number of benzene rings is 2. The van der Waals surface area contributed by atoms with Gasteiger partial charge in [0.25, 0.3) is 5.91 Å². The lowest BCUT2D eigenvalue weighted by Crippen LogP contribution is -2.30. The Hall–Kier alpha value is -3.65. The summed E-state index contributed by atoms with van der Waals surface area (Å²) in [6.45, 7) is 2.99. The van der Waals surface area contributed by atoms with Crippen molar-refractivity contribution in [3.8, 4) is 11.5 Å². The quantitative estimate of drug-likeness (QED) is 0.372. The summed E-state index contributed by atoms with van der Waals surface area (Å²) in [7, 11) is 1.58. The minimum absolute atomic E-state index is 0.249. The minimum atomic E-state index is -0.249. The predicted octanol–water partition coefficient (Wildman–Crippen LogP) is 5.45. The van der Waals surface area contributed by atoms with Crippen molar-refractivity contribution in [3.05, 3.63) is 72.1 Å². The van der Waals surface area contributed by atoms with Crippen LogP contribution in [0.4, 0.5) is 10.8 Å². The summed E-state index contributed by atoms with van der Waals surface area (Å²) in [6, 6.07) is 17.8. The average Bonchev–Trinajstić information content (AvgIpc) is 3.30. The summed E-state index contributed by atoms with van der Waals surface area (Å²) < 4.78 is 7.01. The van der Waals surface area contributed by atoms with Crippen LogP contribution in [0.3, 0.4) is 0 Å². The van der Waals surface area contributed by atoms with Crippen molar-refractivity contribution in [2.45, 2.75) is 25.8 Å². The van der Waals surface area contributed by atoms with Gasteiger partial charge in [0, 0.05) is 50.7 Å². The van der Waals surface area contributed by atoms with E-state index in [4.69, 9.17) is 9.72 Å². The third-order valence-electron chi connectivity index (χ3n) is 5.91. The molecule has 1 fully saturated rings. The Morgan fingerprint density at radius 2 is 1.88 bits per heavy atom. The van der Waals surface area contributed by atoms with E-state index in [2.05, 4.69) is 44.8 Å². The molecule has 2 N–H and O–H groups in total. The van der Waals surface area contributed by atoms with Crippen LogP contribution < -0.4 is 20.3 Å². The van der Waals surface area contributed by atoms with Crippen LogP contribution in [-0.2, 0) is 6.54 Å². The van der Waals surface area contributed by atoms with Crippen molar-refractivity contribution in [2.75, 3.05) is 30.4 Å². The van der Waals surface area contributed by atoms with Crippen LogP contribution in [0.15, 0.2) is 60.8 Å². The number of piperidine rings is 1. The molecule has 1 aliphatic rings. The van der Waals surface area contributed by atoms with E-state index in [0.717, 1.165) is 35.0 Å². The molecule has 7 nitrogen and oxygen atoms in total. The maximum Gasteiger partial charge on any atom is 0.269 e. The summed E-state index contributed by atoms with van der Waals surface area (Å²) >= 11 is 1.60. The van der Waals surface area contributed by atoms with Gasteiger partial charge in [0.15, 0.2) is 5.13 Å². The van der Waals surface area contributed by atoms with Gasteiger partial charge in [-0.05, 0) is 49.1 Å². The number of fused-ring (bicyclic) bond motifs is 1. The standard InChI is InChI=1S/C26H27N5O2S/c1-27-25(32)22-15-20(11-12-28-22)33-19-9-10-21-24(16-19)34-26(30-21)29-17-18-7-3-4-8-23(18)31-13-5-2-6-14-31/h3-4,7-12,15-16H,2,5-6,13-14,17H2,1H3,(H,27,32)(H,29,30). The fourth-order valence-corrected chi connectivity index (χ4v) is 5.07. The summed E-state index contributed by atoms with van der Waals surface area (Å²) in [6.07, 6.45) is 5.41. The third-order valence-corrected chi connectivity index (χ3v) is 6.88. The molecule has 5 rings (SSSR count). The molecular formula is C26H27N5O2S. The zero-order valence-corrected chi connectivity index (χ0v) is 19.9. The number of ether oxygens (including phenoxy) is 1. The van der Waals surface area contributed by atoms with Gasteiger partial charge in [-0.3, -0.25) is 9.78 Å². The lowest BCUT2D eigenvalue weighted by Gasteiger charge is -2.30. The molecule has 0 radical (unpaired) electrons. The molecule has 2 aromatic heterocycles. The van der Waals surface area contributed by atoms with Gasteiger partial charge in [-0.25, -0.2) is 4.98 Å². The lowest BCUT2D eigenvalue weighted by molar-refractivity contribution is 0.0958.